The number of carbonyl (C=O) groups excluding carboxylic acids is 2. The van der Waals surface area contributed by atoms with Crippen LogP contribution in [0.3, 0.4) is 0 Å². The van der Waals surface area contributed by atoms with Crippen LogP contribution < -0.4 is 9.62 Å². The molecule has 0 aliphatic carbocycles. The molecule has 0 aromatic heterocycles. The molecule has 2 atom stereocenters. The van der Waals surface area contributed by atoms with Gasteiger partial charge in [0.25, 0.3) is 0 Å². The van der Waals surface area contributed by atoms with Gasteiger partial charge in [-0.15, -0.1) is 0 Å². The summed E-state index contributed by atoms with van der Waals surface area (Å²) >= 11 is 12.3. The Bertz CT molecular complexity index is 1140. The number of aryl methyl sites for hydroxylation is 1. The summed E-state index contributed by atoms with van der Waals surface area (Å²) in [7, 11) is -3.89. The second-order valence-corrected chi connectivity index (χ2v) is 11.0. The van der Waals surface area contributed by atoms with Crippen molar-refractivity contribution in [2.75, 3.05) is 17.1 Å². The fourth-order valence-corrected chi connectivity index (χ4v) is 4.64. The minimum absolute atomic E-state index is 0.0233. The number of rotatable bonds is 10. The maximum atomic E-state index is 13.5. The number of nitrogens with one attached hydrogen (secondary N) is 1. The molecule has 2 aromatic rings. The Morgan fingerprint density at radius 1 is 1.09 bits per heavy atom. The number of hydrogen-bond donors (Lipinski definition) is 1. The number of nitrogens with zero attached hydrogens (tertiary/aromatic N) is 2. The van der Waals surface area contributed by atoms with Crippen LogP contribution in [0.15, 0.2) is 42.5 Å². The Kier molecular flexibility index (Phi) is 9.79. The zero-order chi connectivity index (χ0) is 25.6. The van der Waals surface area contributed by atoms with E-state index in [9.17, 15) is 18.0 Å². The van der Waals surface area contributed by atoms with Gasteiger partial charge in [0.1, 0.15) is 12.6 Å². The molecular weight excluding hydrogens is 497 g/mol. The van der Waals surface area contributed by atoms with E-state index < -0.39 is 28.5 Å². The molecule has 0 saturated heterocycles. The molecule has 0 fully saturated rings. The molecule has 0 unspecified atom stereocenters. The van der Waals surface area contributed by atoms with Gasteiger partial charge < -0.3 is 10.2 Å². The summed E-state index contributed by atoms with van der Waals surface area (Å²) in [5, 5.41) is 3.08. The smallest absolute Gasteiger partial charge is 0.244 e. The van der Waals surface area contributed by atoms with Crippen molar-refractivity contribution in [3.63, 3.8) is 0 Å². The highest BCUT2D eigenvalue weighted by Gasteiger charge is 2.31. The van der Waals surface area contributed by atoms with Gasteiger partial charge in [-0.05, 0) is 44.9 Å². The number of hydrogen-bond acceptors (Lipinski definition) is 4. The largest absolute Gasteiger partial charge is 0.352 e. The van der Waals surface area contributed by atoms with E-state index in [0.29, 0.717) is 0 Å². The molecule has 1 N–H and O–H groups in total. The van der Waals surface area contributed by atoms with Gasteiger partial charge in [-0.1, -0.05) is 66.0 Å². The zero-order valence-corrected chi connectivity index (χ0v) is 22.3. The van der Waals surface area contributed by atoms with Crippen LogP contribution in [0.2, 0.25) is 10.0 Å². The highest BCUT2D eigenvalue weighted by atomic mass is 35.5. The predicted molar refractivity (Wildman–Crippen MR) is 138 cm³/mol. The molecule has 2 aromatic carbocycles. The van der Waals surface area contributed by atoms with Crippen molar-refractivity contribution in [1.29, 1.82) is 0 Å². The maximum Gasteiger partial charge on any atom is 0.244 e. The van der Waals surface area contributed by atoms with E-state index in [1.165, 1.54) is 17.0 Å². The third-order valence-electron chi connectivity index (χ3n) is 5.48. The van der Waals surface area contributed by atoms with E-state index in [1.54, 1.807) is 13.0 Å². The summed E-state index contributed by atoms with van der Waals surface area (Å²) in [4.78, 5) is 27.8. The van der Waals surface area contributed by atoms with Gasteiger partial charge in [-0.25, -0.2) is 8.42 Å². The second-order valence-electron chi connectivity index (χ2n) is 8.35. The van der Waals surface area contributed by atoms with Crippen molar-refractivity contribution < 1.29 is 18.0 Å². The Morgan fingerprint density at radius 2 is 1.74 bits per heavy atom. The van der Waals surface area contributed by atoms with Gasteiger partial charge in [0.15, 0.2) is 0 Å². The minimum Gasteiger partial charge on any atom is -0.352 e. The first-order chi connectivity index (χ1) is 15.8. The van der Waals surface area contributed by atoms with Crippen molar-refractivity contribution >= 4 is 50.7 Å². The summed E-state index contributed by atoms with van der Waals surface area (Å²) in [6.45, 7) is 6.99. The third kappa shape index (κ3) is 7.35. The molecule has 186 valence electrons. The van der Waals surface area contributed by atoms with Gasteiger partial charge in [-0.2, -0.15) is 0 Å². The van der Waals surface area contributed by atoms with Gasteiger partial charge in [-0.3, -0.25) is 13.9 Å². The molecular formula is C24H31Cl2N3O4S. The summed E-state index contributed by atoms with van der Waals surface area (Å²) in [5.41, 5.74) is 1.92. The van der Waals surface area contributed by atoms with Crippen molar-refractivity contribution in [2.45, 2.75) is 52.7 Å². The normalized spacial score (nSPS) is 13.1. The molecule has 0 radical (unpaired) electrons. The predicted octanol–water partition coefficient (Wildman–Crippen LogP) is 4.40. The number of benzene rings is 2. The van der Waals surface area contributed by atoms with Gasteiger partial charge in [0, 0.05) is 12.6 Å². The van der Waals surface area contributed by atoms with E-state index in [1.807, 2.05) is 45.0 Å². The molecule has 0 aliphatic heterocycles. The number of carbonyl (C=O) groups is 2. The first-order valence-electron chi connectivity index (χ1n) is 10.9. The molecule has 0 spiro atoms. The second kappa shape index (κ2) is 11.9. The van der Waals surface area contributed by atoms with Crippen LogP contribution in [-0.4, -0.2) is 50.0 Å². The van der Waals surface area contributed by atoms with E-state index in [2.05, 4.69) is 5.32 Å². The lowest BCUT2D eigenvalue weighted by Crippen LogP contribution is -2.52. The molecule has 0 bridgehead atoms. The van der Waals surface area contributed by atoms with Crippen molar-refractivity contribution in [1.82, 2.24) is 10.2 Å². The Labute approximate surface area is 212 Å². The number of amides is 2. The van der Waals surface area contributed by atoms with Crippen LogP contribution >= 0.6 is 23.2 Å². The minimum atomic E-state index is -3.89. The SMILES string of the molecule is CC[C@H](C)NC(=O)[C@@H](C)N(Cc1cccc(C)c1)C(=O)CN(c1cccc(Cl)c1Cl)S(C)(=O)=O. The van der Waals surface area contributed by atoms with Crippen LogP contribution in [0.1, 0.15) is 38.3 Å². The van der Waals surface area contributed by atoms with Crippen molar-refractivity contribution in [2.24, 2.45) is 0 Å². The Balaban J connectivity index is 2.43. The van der Waals surface area contributed by atoms with Crippen molar-refractivity contribution in [3.8, 4) is 0 Å². The molecule has 10 heteroatoms. The molecule has 2 rings (SSSR count). The summed E-state index contributed by atoms with van der Waals surface area (Å²) in [6, 6.07) is 11.2. The standard InChI is InChI=1S/C24H31Cl2N3O4S/c1-6-17(3)27-24(31)18(4)28(14-19-10-7-9-16(2)13-19)22(30)15-29(34(5,32)33)21-12-8-11-20(25)23(21)26/h7-13,17-18H,6,14-15H2,1-5H3,(H,27,31)/t17-,18+/m0/s1. The maximum absolute atomic E-state index is 13.5. The number of anilines is 1. The zero-order valence-electron chi connectivity index (χ0n) is 20.0. The Morgan fingerprint density at radius 3 is 2.32 bits per heavy atom. The van der Waals surface area contributed by atoms with Crippen LogP contribution in [0, 0.1) is 6.92 Å². The third-order valence-corrected chi connectivity index (χ3v) is 7.42. The lowest BCUT2D eigenvalue weighted by Gasteiger charge is -2.32. The quantitative estimate of drug-likeness (QED) is 0.495. The topological polar surface area (TPSA) is 86.8 Å². The van der Waals surface area contributed by atoms with E-state index in [-0.39, 0.29) is 34.2 Å². The monoisotopic (exact) mass is 527 g/mol. The fourth-order valence-electron chi connectivity index (χ4n) is 3.34. The van der Waals surface area contributed by atoms with Crippen molar-refractivity contribution in [3.05, 3.63) is 63.6 Å². The first-order valence-corrected chi connectivity index (χ1v) is 13.5. The molecule has 0 heterocycles. The summed E-state index contributed by atoms with van der Waals surface area (Å²) in [6.07, 6.45) is 1.72. The van der Waals surface area contributed by atoms with E-state index >= 15 is 0 Å². The highest BCUT2D eigenvalue weighted by molar-refractivity contribution is 7.92. The van der Waals surface area contributed by atoms with Gasteiger partial charge in [0.2, 0.25) is 21.8 Å². The summed E-state index contributed by atoms with van der Waals surface area (Å²) in [5.74, 6) is -0.864. The van der Waals surface area contributed by atoms with Gasteiger partial charge in [0.05, 0.1) is 22.0 Å². The lowest BCUT2D eigenvalue weighted by atomic mass is 10.1. The van der Waals surface area contributed by atoms with Gasteiger partial charge >= 0.3 is 0 Å². The van der Waals surface area contributed by atoms with Crippen LogP contribution in [0.5, 0.6) is 0 Å². The molecule has 7 nitrogen and oxygen atoms in total. The average Bonchev–Trinajstić information content (AvgIpc) is 2.76. The molecule has 34 heavy (non-hydrogen) atoms. The van der Waals surface area contributed by atoms with E-state index in [4.69, 9.17) is 23.2 Å². The number of halogens is 2. The molecule has 0 saturated carbocycles. The van der Waals surface area contributed by atoms with Crippen LogP contribution in [-0.2, 0) is 26.2 Å². The van der Waals surface area contributed by atoms with E-state index in [0.717, 1.165) is 28.1 Å². The highest BCUT2D eigenvalue weighted by Crippen LogP contribution is 2.33. The molecule has 0 aliphatic rings. The molecule has 2 amide bonds. The van der Waals surface area contributed by atoms with Crippen LogP contribution in [0.4, 0.5) is 5.69 Å². The fraction of sp³-hybridized carbons (Fsp3) is 0.417. The van der Waals surface area contributed by atoms with Crippen LogP contribution in [0.25, 0.3) is 0 Å². The summed E-state index contributed by atoms with van der Waals surface area (Å²) < 4.78 is 26.1. The lowest BCUT2D eigenvalue weighted by molar-refractivity contribution is -0.139. The average molecular weight is 529 g/mol. The Hall–Kier alpha value is -2.29. The first kappa shape index (κ1) is 28.0. The number of sulfonamides is 1.